The zero-order valence-corrected chi connectivity index (χ0v) is 12.6. The van der Waals surface area contributed by atoms with E-state index < -0.39 is 0 Å². The minimum atomic E-state index is 0.350. The Balaban J connectivity index is 1.65. The third-order valence-electron chi connectivity index (χ3n) is 5.26. The zero-order chi connectivity index (χ0) is 13.5. The third-order valence-corrected chi connectivity index (χ3v) is 5.26. The molecule has 19 heavy (non-hydrogen) atoms. The van der Waals surface area contributed by atoms with Crippen LogP contribution in [0.15, 0.2) is 0 Å². The van der Waals surface area contributed by atoms with Gasteiger partial charge in [0.25, 0.3) is 0 Å². The highest BCUT2D eigenvalue weighted by Gasteiger charge is 2.28. The van der Waals surface area contributed by atoms with Crippen LogP contribution in [0.1, 0.15) is 71.1 Å². The normalized spacial score (nSPS) is 30.1. The van der Waals surface area contributed by atoms with E-state index in [0.29, 0.717) is 5.92 Å². The second-order valence-corrected chi connectivity index (χ2v) is 6.61. The highest BCUT2D eigenvalue weighted by Crippen LogP contribution is 2.31. The molecule has 1 saturated carbocycles. The third kappa shape index (κ3) is 4.49. The number of piperidine rings is 1. The summed E-state index contributed by atoms with van der Waals surface area (Å²) in [6.45, 7) is 4.93. The lowest BCUT2D eigenvalue weighted by Crippen LogP contribution is -2.43. The number of unbranched alkanes of at least 4 members (excludes halogenated alkanes) is 2. The van der Waals surface area contributed by atoms with Crippen LogP contribution >= 0.6 is 0 Å². The first-order valence-corrected chi connectivity index (χ1v) is 8.47. The first-order chi connectivity index (χ1) is 9.33. The Labute approximate surface area is 119 Å². The molecule has 0 bridgehead atoms. The Morgan fingerprint density at radius 1 is 1.00 bits per heavy atom. The van der Waals surface area contributed by atoms with Gasteiger partial charge in [-0.05, 0) is 57.5 Å². The van der Waals surface area contributed by atoms with Crippen LogP contribution < -0.4 is 0 Å². The molecule has 2 fully saturated rings. The van der Waals surface area contributed by atoms with Gasteiger partial charge in [0.05, 0.1) is 6.07 Å². The van der Waals surface area contributed by atoms with E-state index in [1.165, 1.54) is 64.5 Å². The van der Waals surface area contributed by atoms with Gasteiger partial charge in [-0.25, -0.2) is 0 Å². The topological polar surface area (TPSA) is 27.0 Å². The maximum absolute atomic E-state index is 8.96. The van der Waals surface area contributed by atoms with Gasteiger partial charge in [0.15, 0.2) is 0 Å². The van der Waals surface area contributed by atoms with Crippen LogP contribution in [-0.2, 0) is 0 Å². The summed E-state index contributed by atoms with van der Waals surface area (Å²) >= 11 is 0. The number of hydrogen-bond acceptors (Lipinski definition) is 2. The van der Waals surface area contributed by atoms with Crippen LogP contribution in [0, 0.1) is 23.2 Å². The molecular formula is C17H30N2. The van der Waals surface area contributed by atoms with E-state index in [4.69, 9.17) is 5.26 Å². The first-order valence-electron chi connectivity index (χ1n) is 8.47. The van der Waals surface area contributed by atoms with Crippen molar-refractivity contribution in [2.24, 2.45) is 11.8 Å². The summed E-state index contributed by atoms with van der Waals surface area (Å²) in [6.07, 6.45) is 13.3. The van der Waals surface area contributed by atoms with Crippen LogP contribution in [0.2, 0.25) is 0 Å². The van der Waals surface area contributed by atoms with E-state index >= 15 is 0 Å². The summed E-state index contributed by atoms with van der Waals surface area (Å²) in [5.74, 6) is 1.35. The minimum Gasteiger partial charge on any atom is -0.300 e. The fourth-order valence-electron chi connectivity index (χ4n) is 3.86. The highest BCUT2D eigenvalue weighted by molar-refractivity contribution is 4.90. The quantitative estimate of drug-likeness (QED) is 0.688. The summed E-state index contributed by atoms with van der Waals surface area (Å²) in [4.78, 5) is 2.73. The maximum atomic E-state index is 8.96. The molecule has 0 aromatic heterocycles. The number of likely N-dealkylation sites (tertiary alicyclic amines) is 1. The molecule has 0 N–H and O–H groups in total. The molecule has 2 rings (SSSR count). The van der Waals surface area contributed by atoms with Crippen molar-refractivity contribution in [2.75, 3.05) is 13.1 Å². The molecule has 2 nitrogen and oxygen atoms in total. The monoisotopic (exact) mass is 262 g/mol. The summed E-state index contributed by atoms with van der Waals surface area (Å²) in [5, 5.41) is 8.96. The van der Waals surface area contributed by atoms with Gasteiger partial charge < -0.3 is 4.90 Å². The molecule has 0 atom stereocenters. The molecule has 1 saturated heterocycles. The Kier molecular flexibility index (Phi) is 6.17. The average Bonchev–Trinajstić information content (AvgIpc) is 2.48. The number of hydrogen-bond donors (Lipinski definition) is 0. The molecule has 0 unspecified atom stereocenters. The lowest BCUT2D eigenvalue weighted by molar-refractivity contribution is 0.0975. The van der Waals surface area contributed by atoms with Crippen molar-refractivity contribution in [1.29, 1.82) is 5.26 Å². The number of nitriles is 1. The second kappa shape index (κ2) is 7.90. The Hall–Kier alpha value is -0.550. The smallest absolute Gasteiger partial charge is 0.0655 e. The maximum Gasteiger partial charge on any atom is 0.0655 e. The number of rotatable bonds is 5. The van der Waals surface area contributed by atoms with Gasteiger partial charge in [-0.3, -0.25) is 0 Å². The Morgan fingerprint density at radius 3 is 2.26 bits per heavy atom. The van der Waals surface area contributed by atoms with Crippen molar-refractivity contribution in [3.05, 3.63) is 0 Å². The second-order valence-electron chi connectivity index (χ2n) is 6.61. The van der Waals surface area contributed by atoms with Crippen molar-refractivity contribution in [1.82, 2.24) is 4.90 Å². The molecule has 0 aromatic carbocycles. The SMILES string of the molecule is CCCCCC1CCN([C@H]2CC[C@H](C#N)CC2)CC1. The summed E-state index contributed by atoms with van der Waals surface area (Å²) in [6, 6.07) is 3.24. The van der Waals surface area contributed by atoms with Crippen LogP contribution in [0.25, 0.3) is 0 Å². The van der Waals surface area contributed by atoms with E-state index in [1.807, 2.05) is 0 Å². The lowest BCUT2D eigenvalue weighted by Gasteiger charge is -2.40. The molecule has 0 radical (unpaired) electrons. The van der Waals surface area contributed by atoms with Crippen LogP contribution in [0.3, 0.4) is 0 Å². The fourth-order valence-corrected chi connectivity index (χ4v) is 3.86. The molecule has 0 aromatic rings. The van der Waals surface area contributed by atoms with Gasteiger partial charge in [-0.2, -0.15) is 5.26 Å². The summed E-state index contributed by atoms with van der Waals surface area (Å²) in [7, 11) is 0. The van der Waals surface area contributed by atoms with Crippen LogP contribution in [-0.4, -0.2) is 24.0 Å². The van der Waals surface area contributed by atoms with Gasteiger partial charge in [-0.1, -0.05) is 32.6 Å². The predicted octanol–water partition coefficient (Wildman–Crippen LogP) is 4.36. The number of nitrogens with zero attached hydrogens (tertiary/aromatic N) is 2. The van der Waals surface area contributed by atoms with E-state index in [-0.39, 0.29) is 0 Å². The molecule has 108 valence electrons. The molecular weight excluding hydrogens is 232 g/mol. The van der Waals surface area contributed by atoms with Crippen molar-refractivity contribution in [3.8, 4) is 6.07 Å². The molecule has 0 spiro atoms. The van der Waals surface area contributed by atoms with Gasteiger partial charge in [0, 0.05) is 12.0 Å². The van der Waals surface area contributed by atoms with Crippen molar-refractivity contribution < 1.29 is 0 Å². The van der Waals surface area contributed by atoms with Gasteiger partial charge in [0.1, 0.15) is 0 Å². The standard InChI is InChI=1S/C17H30N2/c1-2-3-4-5-15-10-12-19(13-11-15)17-8-6-16(14-18)7-9-17/h15-17H,2-13H2,1H3/t16-,17-. The Bertz CT molecular complexity index is 278. The van der Waals surface area contributed by atoms with Gasteiger partial charge in [0.2, 0.25) is 0 Å². The van der Waals surface area contributed by atoms with E-state index in [1.54, 1.807) is 0 Å². The minimum absolute atomic E-state index is 0.350. The molecule has 1 heterocycles. The zero-order valence-electron chi connectivity index (χ0n) is 12.6. The van der Waals surface area contributed by atoms with Crippen molar-refractivity contribution in [2.45, 2.75) is 77.2 Å². The van der Waals surface area contributed by atoms with E-state index in [9.17, 15) is 0 Å². The molecule has 0 amide bonds. The molecule has 2 aliphatic rings. The van der Waals surface area contributed by atoms with Crippen molar-refractivity contribution >= 4 is 0 Å². The molecule has 1 aliphatic carbocycles. The van der Waals surface area contributed by atoms with Gasteiger partial charge in [-0.15, -0.1) is 0 Å². The van der Waals surface area contributed by atoms with Crippen LogP contribution in [0.5, 0.6) is 0 Å². The average molecular weight is 262 g/mol. The van der Waals surface area contributed by atoms with Crippen molar-refractivity contribution in [3.63, 3.8) is 0 Å². The van der Waals surface area contributed by atoms with E-state index in [0.717, 1.165) is 24.8 Å². The first kappa shape index (κ1) is 14.9. The lowest BCUT2D eigenvalue weighted by atomic mass is 9.84. The fraction of sp³-hybridized carbons (Fsp3) is 0.941. The molecule has 2 heteroatoms. The summed E-state index contributed by atoms with van der Waals surface area (Å²) < 4.78 is 0. The van der Waals surface area contributed by atoms with Crippen LogP contribution in [0.4, 0.5) is 0 Å². The largest absolute Gasteiger partial charge is 0.300 e. The predicted molar refractivity (Wildman–Crippen MR) is 79.8 cm³/mol. The molecule has 1 aliphatic heterocycles. The highest BCUT2D eigenvalue weighted by atomic mass is 15.2. The van der Waals surface area contributed by atoms with E-state index in [2.05, 4.69) is 17.9 Å². The Morgan fingerprint density at radius 2 is 1.68 bits per heavy atom. The summed E-state index contributed by atoms with van der Waals surface area (Å²) in [5.41, 5.74) is 0. The van der Waals surface area contributed by atoms with Gasteiger partial charge >= 0.3 is 0 Å².